The fraction of sp³-hybridized carbons (Fsp3) is 0.0500. The van der Waals surface area contributed by atoms with Crippen LogP contribution in [0.3, 0.4) is 0 Å². The lowest BCUT2D eigenvalue weighted by Crippen LogP contribution is -2.04. The summed E-state index contributed by atoms with van der Waals surface area (Å²) in [5.74, 6) is 1.58. The topological polar surface area (TPSA) is 38.6 Å². The second kappa shape index (κ2) is 6.38. The van der Waals surface area contributed by atoms with Gasteiger partial charge in [0, 0.05) is 22.0 Å². The molecule has 118 valence electrons. The molecule has 0 atom stereocenters. The molecule has 0 unspecified atom stereocenters. The molecule has 0 amide bonds. The maximum absolute atomic E-state index is 6.15. The lowest BCUT2D eigenvalue weighted by molar-refractivity contribution is 0.511. The molecular weight excluding hydrogens is 322 g/mol. The number of fused-ring (bicyclic) bond motifs is 1. The SMILES string of the molecule is Clc1ccc2oc(-c3ccccc3)cc(=NCc3ccco3)c2c1. The maximum atomic E-state index is 6.15. The average molecular weight is 336 g/mol. The van der Waals surface area contributed by atoms with Crippen LogP contribution < -0.4 is 5.36 Å². The predicted octanol–water partition coefficient (Wildman–Crippen LogP) is 5.45. The second-order valence-electron chi connectivity index (χ2n) is 5.40. The summed E-state index contributed by atoms with van der Waals surface area (Å²) in [6, 6.07) is 21.2. The Morgan fingerprint density at radius 2 is 1.79 bits per heavy atom. The van der Waals surface area contributed by atoms with E-state index >= 15 is 0 Å². The quantitative estimate of drug-likeness (QED) is 0.499. The van der Waals surface area contributed by atoms with Gasteiger partial charge in [-0.05, 0) is 30.3 Å². The monoisotopic (exact) mass is 335 g/mol. The van der Waals surface area contributed by atoms with Gasteiger partial charge < -0.3 is 8.83 Å². The first kappa shape index (κ1) is 14.8. The smallest absolute Gasteiger partial charge is 0.136 e. The number of halogens is 1. The van der Waals surface area contributed by atoms with E-state index in [9.17, 15) is 0 Å². The Kier molecular flexibility index (Phi) is 3.93. The van der Waals surface area contributed by atoms with E-state index in [0.29, 0.717) is 11.6 Å². The highest BCUT2D eigenvalue weighted by Gasteiger charge is 2.06. The molecule has 4 heteroatoms. The third kappa shape index (κ3) is 2.99. The fourth-order valence-electron chi connectivity index (χ4n) is 2.58. The summed E-state index contributed by atoms with van der Waals surface area (Å²) >= 11 is 6.15. The molecule has 0 N–H and O–H groups in total. The molecule has 2 aromatic carbocycles. The van der Waals surface area contributed by atoms with Crippen LogP contribution in [0.4, 0.5) is 0 Å². The van der Waals surface area contributed by atoms with Gasteiger partial charge in [0.05, 0.1) is 18.2 Å². The van der Waals surface area contributed by atoms with E-state index in [2.05, 4.69) is 0 Å². The van der Waals surface area contributed by atoms with Crippen LogP contribution in [0, 0.1) is 0 Å². The third-order valence-electron chi connectivity index (χ3n) is 3.75. The molecule has 4 aromatic rings. The van der Waals surface area contributed by atoms with Crippen molar-refractivity contribution < 1.29 is 8.83 Å². The summed E-state index contributed by atoms with van der Waals surface area (Å²) < 4.78 is 11.4. The van der Waals surface area contributed by atoms with Crippen molar-refractivity contribution in [2.45, 2.75) is 6.54 Å². The van der Waals surface area contributed by atoms with Crippen LogP contribution >= 0.6 is 11.6 Å². The van der Waals surface area contributed by atoms with Gasteiger partial charge in [-0.15, -0.1) is 0 Å². The van der Waals surface area contributed by atoms with Gasteiger partial charge in [0.2, 0.25) is 0 Å². The van der Waals surface area contributed by atoms with Crippen LogP contribution in [-0.2, 0) is 6.54 Å². The molecule has 0 saturated carbocycles. The largest absolute Gasteiger partial charge is 0.467 e. The Labute approximate surface area is 143 Å². The van der Waals surface area contributed by atoms with Gasteiger partial charge in [0.15, 0.2) is 0 Å². The van der Waals surface area contributed by atoms with Crippen molar-refractivity contribution in [3.05, 3.63) is 89.1 Å². The van der Waals surface area contributed by atoms with E-state index in [0.717, 1.165) is 33.4 Å². The number of furan rings is 1. The second-order valence-corrected chi connectivity index (χ2v) is 5.83. The van der Waals surface area contributed by atoms with Crippen molar-refractivity contribution in [1.82, 2.24) is 0 Å². The Morgan fingerprint density at radius 1 is 0.917 bits per heavy atom. The van der Waals surface area contributed by atoms with Crippen LogP contribution in [-0.4, -0.2) is 0 Å². The molecule has 0 aliphatic heterocycles. The van der Waals surface area contributed by atoms with Gasteiger partial charge in [0.1, 0.15) is 17.1 Å². The predicted molar refractivity (Wildman–Crippen MR) is 94.6 cm³/mol. The van der Waals surface area contributed by atoms with Crippen molar-refractivity contribution in [2.24, 2.45) is 4.99 Å². The van der Waals surface area contributed by atoms with Gasteiger partial charge in [-0.2, -0.15) is 0 Å². The number of nitrogens with zero attached hydrogens (tertiary/aromatic N) is 1. The molecule has 0 bridgehead atoms. The molecule has 4 rings (SSSR count). The van der Waals surface area contributed by atoms with Crippen LogP contribution in [0.25, 0.3) is 22.3 Å². The van der Waals surface area contributed by atoms with Crippen LogP contribution in [0.5, 0.6) is 0 Å². The van der Waals surface area contributed by atoms with Gasteiger partial charge in [0.25, 0.3) is 0 Å². The number of benzene rings is 2. The lowest BCUT2D eigenvalue weighted by Gasteiger charge is -2.05. The number of hydrogen-bond acceptors (Lipinski definition) is 3. The molecule has 2 heterocycles. The first-order chi connectivity index (χ1) is 11.8. The van der Waals surface area contributed by atoms with E-state index < -0.39 is 0 Å². The van der Waals surface area contributed by atoms with Crippen molar-refractivity contribution in [3.63, 3.8) is 0 Å². The summed E-state index contributed by atoms with van der Waals surface area (Å²) in [5.41, 5.74) is 1.75. The minimum absolute atomic E-state index is 0.465. The van der Waals surface area contributed by atoms with Gasteiger partial charge in [-0.1, -0.05) is 41.9 Å². The summed E-state index contributed by atoms with van der Waals surface area (Å²) in [6.45, 7) is 0.465. The molecule has 3 nitrogen and oxygen atoms in total. The highest BCUT2D eigenvalue weighted by Crippen LogP contribution is 2.23. The first-order valence-electron chi connectivity index (χ1n) is 7.61. The highest BCUT2D eigenvalue weighted by atomic mass is 35.5. The Hall–Kier alpha value is -2.78. The molecule has 0 aliphatic carbocycles. The first-order valence-corrected chi connectivity index (χ1v) is 7.99. The Morgan fingerprint density at radius 3 is 2.58 bits per heavy atom. The molecule has 0 fully saturated rings. The van der Waals surface area contributed by atoms with E-state index in [4.69, 9.17) is 25.4 Å². The average Bonchev–Trinajstić information content (AvgIpc) is 3.14. The van der Waals surface area contributed by atoms with E-state index in [1.165, 1.54) is 0 Å². The molecule has 0 spiro atoms. The Balaban J connectivity index is 1.91. The minimum atomic E-state index is 0.465. The van der Waals surface area contributed by atoms with Crippen molar-refractivity contribution in [3.8, 4) is 11.3 Å². The summed E-state index contributed by atoms with van der Waals surface area (Å²) in [6.07, 6.45) is 1.65. The van der Waals surface area contributed by atoms with E-state index in [1.807, 2.05) is 66.7 Å². The molecule has 0 radical (unpaired) electrons. The van der Waals surface area contributed by atoms with Gasteiger partial charge in [-0.25, -0.2) is 0 Å². The normalized spacial score (nSPS) is 12.0. The van der Waals surface area contributed by atoms with E-state index in [1.54, 1.807) is 6.26 Å². The van der Waals surface area contributed by atoms with Gasteiger partial charge >= 0.3 is 0 Å². The van der Waals surface area contributed by atoms with Crippen LogP contribution in [0.15, 0.2) is 86.8 Å². The molecule has 0 aliphatic rings. The molecular formula is C20H14ClNO2. The lowest BCUT2D eigenvalue weighted by atomic mass is 10.1. The Bertz CT molecular complexity index is 1030. The summed E-state index contributed by atoms with van der Waals surface area (Å²) in [4.78, 5) is 4.69. The summed E-state index contributed by atoms with van der Waals surface area (Å²) in [7, 11) is 0. The molecule has 24 heavy (non-hydrogen) atoms. The highest BCUT2D eigenvalue weighted by molar-refractivity contribution is 6.31. The minimum Gasteiger partial charge on any atom is -0.467 e. The van der Waals surface area contributed by atoms with E-state index in [-0.39, 0.29) is 0 Å². The zero-order valence-corrected chi connectivity index (χ0v) is 13.5. The third-order valence-corrected chi connectivity index (χ3v) is 3.98. The molecule has 0 saturated heterocycles. The van der Waals surface area contributed by atoms with Crippen LogP contribution in [0.2, 0.25) is 5.02 Å². The zero-order chi connectivity index (χ0) is 16.4. The van der Waals surface area contributed by atoms with Crippen molar-refractivity contribution >= 4 is 22.6 Å². The number of rotatable bonds is 3. The van der Waals surface area contributed by atoms with Crippen molar-refractivity contribution in [1.29, 1.82) is 0 Å². The zero-order valence-electron chi connectivity index (χ0n) is 12.8. The molecule has 2 aromatic heterocycles. The number of hydrogen-bond donors (Lipinski definition) is 0. The fourth-order valence-corrected chi connectivity index (χ4v) is 2.75. The summed E-state index contributed by atoms with van der Waals surface area (Å²) in [5, 5.41) is 2.36. The van der Waals surface area contributed by atoms with Crippen LogP contribution in [0.1, 0.15) is 5.76 Å². The standard InChI is InChI=1S/C20H14ClNO2/c21-15-8-9-19-17(11-15)18(22-13-16-7-4-10-23-16)12-20(24-19)14-5-2-1-3-6-14/h1-12H,13H2. The van der Waals surface area contributed by atoms with Crippen molar-refractivity contribution in [2.75, 3.05) is 0 Å². The van der Waals surface area contributed by atoms with Gasteiger partial charge in [-0.3, -0.25) is 4.99 Å². The maximum Gasteiger partial charge on any atom is 0.136 e.